The maximum atomic E-state index is 10.8. The third-order valence-electron chi connectivity index (χ3n) is 2.30. The third-order valence-corrected chi connectivity index (χ3v) is 2.30. The molecule has 15 heavy (non-hydrogen) atoms. The Balaban J connectivity index is 2.60. The Labute approximate surface area is 86.3 Å². The van der Waals surface area contributed by atoms with Crippen LogP contribution in [0.3, 0.4) is 0 Å². The van der Waals surface area contributed by atoms with E-state index in [1.54, 1.807) is 22.9 Å². The van der Waals surface area contributed by atoms with Gasteiger partial charge in [0.2, 0.25) is 5.91 Å². The van der Waals surface area contributed by atoms with Crippen molar-refractivity contribution in [2.24, 2.45) is 5.73 Å². The second-order valence-corrected chi connectivity index (χ2v) is 3.31. The second-order valence-electron chi connectivity index (χ2n) is 3.31. The predicted octanol–water partition coefficient (Wildman–Crippen LogP) is 0.939. The first-order valence-corrected chi connectivity index (χ1v) is 4.53. The van der Waals surface area contributed by atoms with Gasteiger partial charge < -0.3 is 10.3 Å². The molecule has 4 heteroatoms. The van der Waals surface area contributed by atoms with Crippen molar-refractivity contribution in [3.05, 3.63) is 36.0 Å². The fourth-order valence-corrected chi connectivity index (χ4v) is 1.66. The van der Waals surface area contributed by atoms with E-state index in [-0.39, 0.29) is 6.54 Å². The molecule has 1 amide bonds. The smallest absolute Gasteiger partial charge is 0.237 e. The molecule has 76 valence electrons. The van der Waals surface area contributed by atoms with Gasteiger partial charge >= 0.3 is 0 Å². The van der Waals surface area contributed by atoms with Gasteiger partial charge in [-0.05, 0) is 12.1 Å². The lowest BCUT2D eigenvalue weighted by atomic mass is 10.1. The van der Waals surface area contributed by atoms with Crippen LogP contribution in [0.2, 0.25) is 0 Å². The Kier molecular flexibility index (Phi) is 2.25. The molecule has 0 spiro atoms. The van der Waals surface area contributed by atoms with Crippen LogP contribution in [0.4, 0.5) is 0 Å². The molecule has 0 fully saturated rings. The van der Waals surface area contributed by atoms with E-state index in [9.17, 15) is 9.59 Å². The lowest BCUT2D eigenvalue weighted by molar-refractivity contribution is -0.118. The number of nitrogens with two attached hydrogens (primary N) is 1. The summed E-state index contributed by atoms with van der Waals surface area (Å²) in [6, 6.07) is 7.18. The van der Waals surface area contributed by atoms with E-state index < -0.39 is 5.91 Å². The molecule has 0 atom stereocenters. The number of hydrogen-bond donors (Lipinski definition) is 1. The van der Waals surface area contributed by atoms with Crippen LogP contribution in [0, 0.1) is 0 Å². The molecule has 1 aromatic carbocycles. The molecule has 0 aliphatic carbocycles. The molecule has 1 aromatic heterocycles. The van der Waals surface area contributed by atoms with Gasteiger partial charge in [-0.25, -0.2) is 0 Å². The topological polar surface area (TPSA) is 65.1 Å². The van der Waals surface area contributed by atoms with Crippen molar-refractivity contribution in [3.63, 3.8) is 0 Å². The van der Waals surface area contributed by atoms with Crippen LogP contribution in [0.25, 0.3) is 10.9 Å². The van der Waals surface area contributed by atoms with Crippen LogP contribution in [0.1, 0.15) is 10.4 Å². The van der Waals surface area contributed by atoms with Crippen LogP contribution < -0.4 is 5.73 Å². The summed E-state index contributed by atoms with van der Waals surface area (Å²) >= 11 is 0. The first kappa shape index (κ1) is 9.45. The largest absolute Gasteiger partial charge is 0.368 e. The quantitative estimate of drug-likeness (QED) is 0.753. The van der Waals surface area contributed by atoms with E-state index in [0.29, 0.717) is 5.56 Å². The van der Waals surface area contributed by atoms with Gasteiger partial charge in [0.25, 0.3) is 0 Å². The lowest BCUT2D eigenvalue weighted by Gasteiger charge is -2.01. The van der Waals surface area contributed by atoms with Crippen molar-refractivity contribution in [1.82, 2.24) is 4.57 Å². The van der Waals surface area contributed by atoms with E-state index in [4.69, 9.17) is 5.73 Å². The van der Waals surface area contributed by atoms with Crippen LogP contribution in [-0.2, 0) is 11.3 Å². The summed E-state index contributed by atoms with van der Waals surface area (Å²) in [6.45, 7) is 0.131. The van der Waals surface area contributed by atoms with Crippen LogP contribution in [0.5, 0.6) is 0 Å². The Hall–Kier alpha value is -2.10. The van der Waals surface area contributed by atoms with Crippen molar-refractivity contribution < 1.29 is 9.59 Å². The summed E-state index contributed by atoms with van der Waals surface area (Å²) in [5, 5.41) is 0.841. The number of carbonyl (C=O) groups excluding carboxylic acids is 2. The maximum absolute atomic E-state index is 10.8. The van der Waals surface area contributed by atoms with Crippen molar-refractivity contribution in [2.75, 3.05) is 0 Å². The molecule has 0 radical (unpaired) electrons. The highest BCUT2D eigenvalue weighted by Gasteiger charge is 2.05. The van der Waals surface area contributed by atoms with Crippen molar-refractivity contribution >= 4 is 23.1 Å². The molecule has 0 aliphatic rings. The number of aromatic nitrogens is 1. The van der Waals surface area contributed by atoms with Crippen LogP contribution in [0.15, 0.2) is 30.5 Å². The van der Waals surface area contributed by atoms with E-state index in [1.807, 2.05) is 12.1 Å². The fourth-order valence-electron chi connectivity index (χ4n) is 1.66. The number of rotatable bonds is 3. The van der Waals surface area contributed by atoms with Crippen LogP contribution in [-0.4, -0.2) is 16.8 Å². The highest BCUT2D eigenvalue weighted by Crippen LogP contribution is 2.18. The molecule has 2 N–H and O–H groups in total. The fraction of sp³-hybridized carbons (Fsp3) is 0.0909. The first-order chi connectivity index (χ1) is 7.22. The Morgan fingerprint density at radius 3 is 2.87 bits per heavy atom. The number of aldehydes is 1. The first-order valence-electron chi connectivity index (χ1n) is 4.53. The number of benzene rings is 1. The average Bonchev–Trinajstić information content (AvgIpc) is 2.61. The van der Waals surface area contributed by atoms with E-state index in [0.717, 1.165) is 17.2 Å². The molecule has 4 nitrogen and oxygen atoms in total. The Bertz CT molecular complexity index is 528. The summed E-state index contributed by atoms with van der Waals surface area (Å²) in [5.74, 6) is -0.399. The second kappa shape index (κ2) is 3.57. The maximum Gasteiger partial charge on any atom is 0.237 e. The summed E-state index contributed by atoms with van der Waals surface area (Å²) in [7, 11) is 0. The SMILES string of the molecule is NC(=O)Cn1ccc2c(C=O)cccc21. The van der Waals surface area contributed by atoms with Crippen molar-refractivity contribution in [2.45, 2.75) is 6.54 Å². The van der Waals surface area contributed by atoms with E-state index in [2.05, 4.69) is 0 Å². The molecular formula is C11H10N2O2. The number of primary amides is 1. The molecule has 0 bridgehead atoms. The van der Waals surface area contributed by atoms with Crippen LogP contribution >= 0.6 is 0 Å². The molecule has 0 saturated heterocycles. The average molecular weight is 202 g/mol. The van der Waals surface area contributed by atoms with Gasteiger partial charge in [0.15, 0.2) is 6.29 Å². The lowest BCUT2D eigenvalue weighted by Crippen LogP contribution is -2.17. The normalized spacial score (nSPS) is 10.4. The van der Waals surface area contributed by atoms with Crippen molar-refractivity contribution in [3.8, 4) is 0 Å². The predicted molar refractivity (Wildman–Crippen MR) is 56.5 cm³/mol. The minimum atomic E-state index is -0.399. The third kappa shape index (κ3) is 1.61. The van der Waals surface area contributed by atoms with Gasteiger partial charge in [0.1, 0.15) is 6.54 Å². The minimum absolute atomic E-state index is 0.131. The van der Waals surface area contributed by atoms with Gasteiger partial charge in [-0.3, -0.25) is 9.59 Å². The summed E-state index contributed by atoms with van der Waals surface area (Å²) in [6.07, 6.45) is 2.55. The van der Waals surface area contributed by atoms with Gasteiger partial charge in [-0.2, -0.15) is 0 Å². The monoisotopic (exact) mass is 202 g/mol. The molecule has 2 aromatic rings. The van der Waals surface area contributed by atoms with Gasteiger partial charge in [0, 0.05) is 22.7 Å². The summed E-state index contributed by atoms with van der Waals surface area (Å²) < 4.78 is 1.73. The van der Waals surface area contributed by atoms with Gasteiger partial charge in [0.05, 0.1) is 0 Å². The highest BCUT2D eigenvalue weighted by molar-refractivity contribution is 5.97. The molecule has 2 rings (SSSR count). The van der Waals surface area contributed by atoms with Gasteiger partial charge in [-0.1, -0.05) is 12.1 Å². The number of fused-ring (bicyclic) bond motifs is 1. The molecular weight excluding hydrogens is 192 g/mol. The summed E-state index contributed by atoms with van der Waals surface area (Å²) in [4.78, 5) is 21.5. The van der Waals surface area contributed by atoms with Gasteiger partial charge in [-0.15, -0.1) is 0 Å². The highest BCUT2D eigenvalue weighted by atomic mass is 16.1. The number of hydrogen-bond acceptors (Lipinski definition) is 2. The molecule has 0 unspecified atom stereocenters. The number of amides is 1. The Morgan fingerprint density at radius 1 is 1.40 bits per heavy atom. The minimum Gasteiger partial charge on any atom is -0.368 e. The van der Waals surface area contributed by atoms with E-state index >= 15 is 0 Å². The summed E-state index contributed by atoms with van der Waals surface area (Å²) in [5.41, 5.74) is 6.58. The molecule has 0 aliphatic heterocycles. The van der Waals surface area contributed by atoms with E-state index in [1.165, 1.54) is 0 Å². The zero-order valence-electron chi connectivity index (χ0n) is 8.01. The number of nitrogens with zero attached hydrogens (tertiary/aromatic N) is 1. The van der Waals surface area contributed by atoms with Crippen molar-refractivity contribution in [1.29, 1.82) is 0 Å². The molecule has 1 heterocycles. The standard InChI is InChI=1S/C11H10N2O2/c12-11(15)6-13-5-4-9-8(7-14)2-1-3-10(9)13/h1-5,7H,6H2,(H2,12,15). The Morgan fingerprint density at radius 2 is 2.20 bits per heavy atom. The molecule has 0 saturated carbocycles. The number of carbonyl (C=O) groups is 2. The zero-order valence-corrected chi connectivity index (χ0v) is 8.01. The zero-order chi connectivity index (χ0) is 10.8.